The van der Waals surface area contributed by atoms with E-state index in [1.165, 1.54) is 0 Å². The van der Waals surface area contributed by atoms with E-state index >= 15 is 0 Å². The second kappa shape index (κ2) is 6.15. The summed E-state index contributed by atoms with van der Waals surface area (Å²) in [7, 11) is 0. The number of benzene rings is 1. The number of fused-ring (bicyclic) bond motifs is 1. The zero-order valence-electron chi connectivity index (χ0n) is 11.1. The van der Waals surface area contributed by atoms with Gasteiger partial charge in [0.2, 0.25) is 0 Å². The third kappa shape index (κ3) is 3.53. The molecule has 1 atom stereocenters. The maximum atomic E-state index is 11.1. The van der Waals surface area contributed by atoms with E-state index < -0.39 is 18.0 Å². The van der Waals surface area contributed by atoms with Crippen LogP contribution < -0.4 is 10.6 Å². The Morgan fingerprint density at radius 2 is 2.14 bits per heavy atom. The Morgan fingerprint density at radius 3 is 2.76 bits per heavy atom. The Morgan fingerprint density at radius 1 is 1.43 bits per heavy atom. The molecule has 2 rings (SSSR count). The number of hydrogen-bond acceptors (Lipinski definition) is 4. The number of rotatable bonds is 5. The fourth-order valence-corrected chi connectivity index (χ4v) is 2.57. The number of halogens is 1. The quantitative estimate of drug-likeness (QED) is 0.704. The molecule has 0 radical (unpaired) electrons. The number of anilines is 1. The molecule has 112 valence electrons. The molecule has 0 amide bonds. The van der Waals surface area contributed by atoms with Gasteiger partial charge in [0.1, 0.15) is 0 Å². The van der Waals surface area contributed by atoms with E-state index in [9.17, 15) is 9.59 Å². The lowest BCUT2D eigenvalue weighted by Gasteiger charge is -2.24. The third-order valence-corrected chi connectivity index (χ3v) is 3.62. The van der Waals surface area contributed by atoms with Gasteiger partial charge in [0.25, 0.3) is 0 Å². The first-order valence-corrected chi connectivity index (χ1v) is 6.73. The summed E-state index contributed by atoms with van der Waals surface area (Å²) in [4.78, 5) is 23.7. The van der Waals surface area contributed by atoms with Crippen LogP contribution in [0.15, 0.2) is 29.8 Å². The number of carboxylic acids is 2. The minimum absolute atomic E-state index is 0.221. The summed E-state index contributed by atoms with van der Waals surface area (Å²) in [6.07, 6.45) is 1.46. The zero-order valence-corrected chi connectivity index (χ0v) is 11.9. The summed E-state index contributed by atoms with van der Waals surface area (Å²) in [5.41, 5.74) is 7.56. The summed E-state index contributed by atoms with van der Waals surface area (Å²) in [5, 5.41) is 18.4. The fraction of sp³-hybridized carbons (Fsp3) is 0.286. The van der Waals surface area contributed by atoms with Crippen molar-refractivity contribution >= 4 is 29.2 Å². The third-order valence-electron chi connectivity index (χ3n) is 3.38. The molecule has 1 aliphatic rings. The summed E-state index contributed by atoms with van der Waals surface area (Å²) in [5.74, 6) is -2.65. The number of nitrogens with two attached hydrogens (primary N) is 1. The van der Waals surface area contributed by atoms with Crippen LogP contribution in [0.4, 0.5) is 5.69 Å². The van der Waals surface area contributed by atoms with Gasteiger partial charge in [0.15, 0.2) is 0 Å². The van der Waals surface area contributed by atoms with Crippen molar-refractivity contribution in [2.45, 2.75) is 12.5 Å². The molecule has 1 unspecified atom stereocenters. The summed E-state index contributed by atoms with van der Waals surface area (Å²) < 4.78 is 0. The number of aliphatic carboxylic acids is 2. The Hall–Kier alpha value is -2.05. The minimum atomic E-state index is -1.33. The first-order valence-electron chi connectivity index (χ1n) is 6.35. The average Bonchev–Trinajstić information content (AvgIpc) is 2.78. The van der Waals surface area contributed by atoms with E-state index in [1.54, 1.807) is 12.1 Å². The number of hydrogen-bond donors (Lipinski definition) is 3. The van der Waals surface area contributed by atoms with Crippen LogP contribution >= 0.6 is 11.6 Å². The van der Waals surface area contributed by atoms with Crippen molar-refractivity contribution < 1.29 is 19.8 Å². The van der Waals surface area contributed by atoms with E-state index in [4.69, 9.17) is 27.5 Å². The average molecular weight is 311 g/mol. The Labute approximate surface area is 126 Å². The smallest absolute Gasteiger partial charge is 0.333 e. The molecule has 0 aliphatic carbocycles. The van der Waals surface area contributed by atoms with E-state index in [1.807, 2.05) is 11.0 Å². The van der Waals surface area contributed by atoms with Gasteiger partial charge in [-0.25, -0.2) is 9.59 Å². The Balaban J connectivity index is 2.18. The number of nitrogens with zero attached hydrogens (tertiary/aromatic N) is 1. The molecule has 0 saturated heterocycles. The monoisotopic (exact) mass is 310 g/mol. The van der Waals surface area contributed by atoms with Crippen LogP contribution in [0.25, 0.3) is 0 Å². The largest absolute Gasteiger partial charge is 0.478 e. The predicted molar refractivity (Wildman–Crippen MR) is 78.7 cm³/mol. The van der Waals surface area contributed by atoms with Crippen LogP contribution in [0.1, 0.15) is 5.56 Å². The second-order valence-corrected chi connectivity index (χ2v) is 5.26. The van der Waals surface area contributed by atoms with Crippen molar-refractivity contribution in [1.29, 1.82) is 0 Å². The van der Waals surface area contributed by atoms with Gasteiger partial charge in [-0.05, 0) is 24.1 Å². The van der Waals surface area contributed by atoms with Crippen LogP contribution in [-0.4, -0.2) is 41.3 Å². The van der Waals surface area contributed by atoms with Crippen molar-refractivity contribution in [3.63, 3.8) is 0 Å². The molecular weight excluding hydrogens is 296 g/mol. The van der Waals surface area contributed by atoms with Gasteiger partial charge in [0.05, 0.1) is 11.6 Å². The first kappa shape index (κ1) is 15.3. The minimum Gasteiger partial charge on any atom is -0.478 e. The van der Waals surface area contributed by atoms with Gasteiger partial charge in [-0.2, -0.15) is 0 Å². The van der Waals surface area contributed by atoms with Crippen molar-refractivity contribution in [1.82, 2.24) is 0 Å². The molecule has 7 heteroatoms. The van der Waals surface area contributed by atoms with Crippen LogP contribution in [0.3, 0.4) is 0 Å². The topological polar surface area (TPSA) is 104 Å². The number of carboxylic acid groups (broad SMARTS) is 2. The lowest BCUT2D eigenvalue weighted by molar-refractivity contribution is -0.135. The van der Waals surface area contributed by atoms with Gasteiger partial charge < -0.3 is 20.8 Å². The first-order chi connectivity index (χ1) is 9.88. The molecule has 1 heterocycles. The van der Waals surface area contributed by atoms with Crippen molar-refractivity contribution in [3.8, 4) is 0 Å². The summed E-state index contributed by atoms with van der Waals surface area (Å²) in [6, 6.07) is 4.63. The lowest BCUT2D eigenvalue weighted by atomic mass is 10.1. The standard InChI is InChI=1S/C14H15ClN2O4/c15-9-2-1-8-3-4-17(12(8)5-9)7-11(16)10(14(20)21)6-13(18)19/h1-2,5-6,11H,3-4,7,16H2,(H,18,19)(H,20,21)/b10-6-. The maximum absolute atomic E-state index is 11.1. The summed E-state index contributed by atoms with van der Waals surface area (Å²) in [6.45, 7) is 0.919. The summed E-state index contributed by atoms with van der Waals surface area (Å²) >= 11 is 5.97. The van der Waals surface area contributed by atoms with Crippen LogP contribution in [-0.2, 0) is 16.0 Å². The maximum Gasteiger partial charge on any atom is 0.333 e. The van der Waals surface area contributed by atoms with Crippen LogP contribution in [0.2, 0.25) is 5.02 Å². The lowest BCUT2D eigenvalue weighted by Crippen LogP contribution is -2.40. The zero-order chi connectivity index (χ0) is 15.6. The van der Waals surface area contributed by atoms with E-state index in [2.05, 4.69) is 0 Å². The highest BCUT2D eigenvalue weighted by Crippen LogP contribution is 2.30. The van der Waals surface area contributed by atoms with E-state index in [0.29, 0.717) is 17.6 Å². The molecule has 0 bridgehead atoms. The Kier molecular flexibility index (Phi) is 4.50. The molecule has 0 saturated carbocycles. The predicted octanol–water partition coefficient (Wildman–Crippen LogP) is 1.13. The van der Waals surface area contributed by atoms with Gasteiger partial charge in [-0.3, -0.25) is 0 Å². The highest BCUT2D eigenvalue weighted by atomic mass is 35.5. The molecule has 21 heavy (non-hydrogen) atoms. The molecule has 0 fully saturated rings. The SMILES string of the molecule is NC(CN1CCc2ccc(Cl)cc21)/C(=C/C(=O)O)C(=O)O. The van der Waals surface area contributed by atoms with E-state index in [-0.39, 0.29) is 12.1 Å². The molecule has 0 aromatic heterocycles. The van der Waals surface area contributed by atoms with Crippen molar-refractivity contribution in [3.05, 3.63) is 40.4 Å². The molecule has 1 aromatic carbocycles. The molecule has 6 nitrogen and oxygen atoms in total. The van der Waals surface area contributed by atoms with Gasteiger partial charge in [0, 0.05) is 29.9 Å². The molecule has 0 spiro atoms. The second-order valence-electron chi connectivity index (χ2n) is 4.82. The molecule has 1 aliphatic heterocycles. The molecule has 4 N–H and O–H groups in total. The molecule has 1 aromatic rings. The highest BCUT2D eigenvalue weighted by Gasteiger charge is 2.25. The van der Waals surface area contributed by atoms with Crippen molar-refractivity contribution in [2.75, 3.05) is 18.0 Å². The fourth-order valence-electron chi connectivity index (χ4n) is 2.40. The van der Waals surface area contributed by atoms with Crippen LogP contribution in [0, 0.1) is 0 Å². The Bertz CT molecular complexity index is 615. The van der Waals surface area contributed by atoms with Crippen LogP contribution in [0.5, 0.6) is 0 Å². The van der Waals surface area contributed by atoms with Gasteiger partial charge in [-0.1, -0.05) is 17.7 Å². The van der Waals surface area contributed by atoms with Crippen molar-refractivity contribution in [2.24, 2.45) is 5.73 Å². The number of carbonyl (C=O) groups is 2. The molecular formula is C14H15ClN2O4. The highest BCUT2D eigenvalue weighted by molar-refractivity contribution is 6.30. The van der Waals surface area contributed by atoms with Gasteiger partial charge >= 0.3 is 11.9 Å². The van der Waals surface area contributed by atoms with Gasteiger partial charge in [-0.15, -0.1) is 0 Å². The van der Waals surface area contributed by atoms with E-state index in [0.717, 1.165) is 17.7 Å². The normalized spacial score (nSPS) is 15.7.